The number of nitrogens with zero attached hydrogens (tertiary/aromatic N) is 1. The molecule has 0 aromatic carbocycles. The summed E-state index contributed by atoms with van der Waals surface area (Å²) in [7, 11) is 0. The molecule has 0 spiro atoms. The highest BCUT2D eigenvalue weighted by Crippen LogP contribution is 2.23. The van der Waals surface area contributed by atoms with Crippen LogP contribution in [0.3, 0.4) is 0 Å². The van der Waals surface area contributed by atoms with Crippen molar-refractivity contribution in [1.29, 1.82) is 0 Å². The van der Waals surface area contributed by atoms with Gasteiger partial charge in [0.25, 0.3) is 0 Å². The van der Waals surface area contributed by atoms with Gasteiger partial charge in [0.1, 0.15) is 5.01 Å². The Balaban J connectivity index is 1.94. The summed E-state index contributed by atoms with van der Waals surface area (Å²) in [6.45, 7) is 4.16. The van der Waals surface area contributed by atoms with E-state index < -0.39 is 0 Å². The Morgan fingerprint density at radius 3 is 2.88 bits per heavy atom. The number of aromatic nitrogens is 1. The lowest BCUT2D eigenvalue weighted by Gasteiger charge is -2.25. The van der Waals surface area contributed by atoms with Crippen molar-refractivity contribution < 1.29 is 5.11 Å². The van der Waals surface area contributed by atoms with Gasteiger partial charge in [-0.05, 0) is 26.7 Å². The summed E-state index contributed by atoms with van der Waals surface area (Å²) in [4.78, 5) is 4.50. The van der Waals surface area contributed by atoms with Gasteiger partial charge < -0.3 is 10.4 Å². The lowest BCUT2D eigenvalue weighted by atomic mass is 10.1. The zero-order valence-corrected chi connectivity index (χ0v) is 11.5. The maximum Gasteiger partial charge on any atom is 0.110 e. The van der Waals surface area contributed by atoms with Gasteiger partial charge in [0, 0.05) is 17.1 Å². The van der Waals surface area contributed by atoms with Crippen molar-refractivity contribution in [3.63, 3.8) is 0 Å². The second kappa shape index (κ2) is 5.94. The van der Waals surface area contributed by atoms with Crippen LogP contribution in [0, 0.1) is 6.92 Å². The first-order valence-electron chi connectivity index (χ1n) is 6.53. The van der Waals surface area contributed by atoms with Crippen molar-refractivity contribution in [2.45, 2.75) is 64.1 Å². The molecule has 3 atom stereocenters. The van der Waals surface area contributed by atoms with E-state index in [2.05, 4.69) is 22.6 Å². The van der Waals surface area contributed by atoms with Gasteiger partial charge in [-0.2, -0.15) is 0 Å². The predicted octanol–water partition coefficient (Wildman–Crippen LogP) is 2.80. The van der Waals surface area contributed by atoms with E-state index in [1.807, 2.05) is 6.92 Å². The van der Waals surface area contributed by atoms with Crippen LogP contribution in [-0.4, -0.2) is 22.2 Å². The number of thiazole rings is 1. The quantitative estimate of drug-likeness (QED) is 0.815. The van der Waals surface area contributed by atoms with Gasteiger partial charge in [-0.1, -0.05) is 19.3 Å². The predicted molar refractivity (Wildman–Crippen MR) is 71.3 cm³/mol. The summed E-state index contributed by atoms with van der Waals surface area (Å²) in [6, 6.07) is 0.475. The highest BCUT2D eigenvalue weighted by atomic mass is 32.1. The van der Waals surface area contributed by atoms with Crippen molar-refractivity contribution in [3.05, 3.63) is 16.1 Å². The van der Waals surface area contributed by atoms with Crippen LogP contribution in [0.4, 0.5) is 0 Å². The molecule has 17 heavy (non-hydrogen) atoms. The first-order valence-corrected chi connectivity index (χ1v) is 7.41. The molecule has 4 heteroatoms. The third-order valence-corrected chi connectivity index (χ3v) is 4.60. The van der Waals surface area contributed by atoms with E-state index in [4.69, 9.17) is 0 Å². The summed E-state index contributed by atoms with van der Waals surface area (Å²) in [5.41, 5.74) is 1.08. The van der Waals surface area contributed by atoms with E-state index >= 15 is 0 Å². The Bertz CT molecular complexity index is 353. The monoisotopic (exact) mass is 254 g/mol. The molecule has 3 nitrogen and oxygen atoms in total. The summed E-state index contributed by atoms with van der Waals surface area (Å²) in [5, 5.41) is 16.8. The highest BCUT2D eigenvalue weighted by molar-refractivity contribution is 7.09. The van der Waals surface area contributed by atoms with Crippen molar-refractivity contribution in [1.82, 2.24) is 10.3 Å². The number of aliphatic hydroxyl groups excluding tert-OH is 1. The molecule has 1 aliphatic rings. The third-order valence-electron chi connectivity index (χ3n) is 3.45. The smallest absolute Gasteiger partial charge is 0.110 e. The first kappa shape index (κ1) is 13.0. The topological polar surface area (TPSA) is 45.1 Å². The van der Waals surface area contributed by atoms with E-state index in [1.54, 1.807) is 11.3 Å². The van der Waals surface area contributed by atoms with Crippen LogP contribution in [0.15, 0.2) is 5.38 Å². The molecule has 1 aromatic rings. The molecule has 0 bridgehead atoms. The van der Waals surface area contributed by atoms with Gasteiger partial charge >= 0.3 is 0 Å². The molecule has 0 saturated heterocycles. The molecular weight excluding hydrogens is 232 g/mol. The second-order valence-electron chi connectivity index (χ2n) is 5.03. The van der Waals surface area contributed by atoms with E-state index in [0.717, 1.165) is 30.0 Å². The van der Waals surface area contributed by atoms with Crippen LogP contribution in [-0.2, 0) is 0 Å². The lowest BCUT2D eigenvalue weighted by Crippen LogP contribution is -2.40. The van der Waals surface area contributed by atoms with Crippen molar-refractivity contribution in [3.8, 4) is 0 Å². The molecule has 1 aliphatic carbocycles. The van der Waals surface area contributed by atoms with Crippen LogP contribution >= 0.6 is 11.3 Å². The Morgan fingerprint density at radius 1 is 1.41 bits per heavy atom. The minimum atomic E-state index is -0.194. The van der Waals surface area contributed by atoms with Crippen LogP contribution in [0.2, 0.25) is 0 Å². The molecule has 2 N–H and O–H groups in total. The number of aryl methyl sites for hydroxylation is 1. The zero-order valence-electron chi connectivity index (χ0n) is 10.6. The molecule has 1 aromatic heterocycles. The lowest BCUT2D eigenvalue weighted by molar-refractivity contribution is 0.115. The van der Waals surface area contributed by atoms with Crippen LogP contribution in [0.1, 0.15) is 55.8 Å². The zero-order chi connectivity index (χ0) is 12.3. The Hall–Kier alpha value is -0.450. The number of aliphatic hydroxyl groups is 1. The minimum Gasteiger partial charge on any atom is -0.392 e. The van der Waals surface area contributed by atoms with Gasteiger partial charge in [0.15, 0.2) is 0 Å². The van der Waals surface area contributed by atoms with E-state index in [1.165, 1.54) is 12.8 Å². The van der Waals surface area contributed by atoms with Gasteiger partial charge in [-0.3, -0.25) is 0 Å². The molecule has 1 fully saturated rings. The fourth-order valence-corrected chi connectivity index (χ4v) is 3.26. The molecular formula is C13H22N2OS. The summed E-state index contributed by atoms with van der Waals surface area (Å²) in [6.07, 6.45) is 5.44. The fraction of sp³-hybridized carbons (Fsp3) is 0.769. The first-order chi connectivity index (χ1) is 8.16. The second-order valence-corrected chi connectivity index (χ2v) is 5.92. The molecule has 0 amide bonds. The maximum absolute atomic E-state index is 10.1. The average Bonchev–Trinajstić information content (AvgIpc) is 2.63. The fourth-order valence-electron chi connectivity index (χ4n) is 2.45. The Kier molecular flexibility index (Phi) is 4.54. The SMILES string of the molecule is Cc1csc(C(C)NC2CCCCCC2O)n1. The Morgan fingerprint density at radius 2 is 2.18 bits per heavy atom. The van der Waals surface area contributed by atoms with Gasteiger partial charge in [0.05, 0.1) is 12.1 Å². The molecule has 1 heterocycles. The number of rotatable bonds is 3. The molecule has 0 radical (unpaired) electrons. The molecule has 3 unspecified atom stereocenters. The number of hydrogen-bond donors (Lipinski definition) is 2. The van der Waals surface area contributed by atoms with Gasteiger partial charge in [-0.25, -0.2) is 4.98 Å². The largest absolute Gasteiger partial charge is 0.392 e. The molecule has 2 rings (SSSR count). The van der Waals surface area contributed by atoms with Gasteiger partial charge in [0.2, 0.25) is 0 Å². The van der Waals surface area contributed by atoms with Crippen molar-refractivity contribution in [2.75, 3.05) is 0 Å². The summed E-state index contributed by atoms with van der Waals surface area (Å²) < 4.78 is 0. The van der Waals surface area contributed by atoms with Crippen LogP contribution in [0.5, 0.6) is 0 Å². The minimum absolute atomic E-state index is 0.194. The standard InChI is InChI=1S/C13H22N2OS/c1-9-8-17-13(14-9)10(2)15-11-6-4-3-5-7-12(11)16/h8,10-12,15-16H,3-7H2,1-2H3. The Labute approximate surface area is 107 Å². The molecule has 96 valence electrons. The van der Waals surface area contributed by atoms with Gasteiger partial charge in [-0.15, -0.1) is 11.3 Å². The van der Waals surface area contributed by atoms with Crippen molar-refractivity contribution >= 4 is 11.3 Å². The van der Waals surface area contributed by atoms with E-state index in [0.29, 0.717) is 0 Å². The summed E-state index contributed by atoms with van der Waals surface area (Å²) >= 11 is 1.70. The van der Waals surface area contributed by atoms with Crippen LogP contribution < -0.4 is 5.32 Å². The molecule has 0 aliphatic heterocycles. The average molecular weight is 254 g/mol. The number of nitrogens with one attached hydrogen (secondary N) is 1. The summed E-state index contributed by atoms with van der Waals surface area (Å²) in [5.74, 6) is 0. The van der Waals surface area contributed by atoms with Crippen molar-refractivity contribution in [2.24, 2.45) is 0 Å². The van der Waals surface area contributed by atoms with E-state index in [9.17, 15) is 5.11 Å². The third kappa shape index (κ3) is 3.50. The maximum atomic E-state index is 10.1. The number of hydrogen-bond acceptors (Lipinski definition) is 4. The highest BCUT2D eigenvalue weighted by Gasteiger charge is 2.23. The normalized spacial score (nSPS) is 27.7. The van der Waals surface area contributed by atoms with Crippen LogP contribution in [0.25, 0.3) is 0 Å². The molecule has 1 saturated carbocycles. The van der Waals surface area contributed by atoms with E-state index in [-0.39, 0.29) is 18.2 Å².